The van der Waals surface area contributed by atoms with Gasteiger partial charge in [0, 0.05) is 47.4 Å². The van der Waals surface area contributed by atoms with E-state index in [4.69, 9.17) is 15.7 Å². The molecular formula is C24H30N8OS. The Kier molecular flexibility index (Phi) is 6.68. The number of H-pyrrole nitrogens is 1. The minimum Gasteiger partial charge on any atom is -0.356 e. The highest BCUT2D eigenvalue weighted by atomic mass is 32.2. The van der Waals surface area contributed by atoms with Crippen molar-refractivity contribution in [2.24, 2.45) is 17.6 Å². The predicted molar refractivity (Wildman–Crippen MR) is 135 cm³/mol. The number of aryl methyl sites for hydroxylation is 1. The molecule has 1 aliphatic carbocycles. The Balaban J connectivity index is 1.34. The van der Waals surface area contributed by atoms with Crippen LogP contribution in [-0.2, 0) is 4.79 Å². The molecule has 10 heteroatoms. The van der Waals surface area contributed by atoms with Gasteiger partial charge in [-0.25, -0.2) is 9.97 Å². The van der Waals surface area contributed by atoms with E-state index in [9.17, 15) is 4.79 Å². The van der Waals surface area contributed by atoms with Crippen LogP contribution in [0.3, 0.4) is 0 Å². The zero-order valence-electron chi connectivity index (χ0n) is 19.3. The van der Waals surface area contributed by atoms with Gasteiger partial charge < -0.3 is 21.3 Å². The van der Waals surface area contributed by atoms with E-state index in [0.717, 1.165) is 73.2 Å². The van der Waals surface area contributed by atoms with E-state index in [1.807, 2.05) is 43.3 Å². The van der Waals surface area contributed by atoms with Gasteiger partial charge in [-0.15, -0.1) is 0 Å². The first-order valence-corrected chi connectivity index (χ1v) is 12.6. The van der Waals surface area contributed by atoms with Crippen LogP contribution in [0.15, 0.2) is 46.5 Å². The van der Waals surface area contributed by atoms with Crippen LogP contribution in [0.1, 0.15) is 31.4 Å². The molecule has 0 bridgehead atoms. The molecule has 1 saturated heterocycles. The molecule has 0 spiro atoms. The molecule has 0 unspecified atom stereocenters. The Bertz CT molecular complexity index is 1140. The Morgan fingerprint density at radius 2 is 1.88 bits per heavy atom. The molecular weight excluding hydrogens is 448 g/mol. The molecule has 178 valence electrons. The zero-order chi connectivity index (χ0) is 23.5. The zero-order valence-corrected chi connectivity index (χ0v) is 20.1. The number of nitrogens with two attached hydrogens (primary N) is 1. The average molecular weight is 479 g/mol. The minimum atomic E-state index is 0.110. The number of piperidine rings is 1. The van der Waals surface area contributed by atoms with Crippen LogP contribution >= 0.6 is 11.8 Å². The van der Waals surface area contributed by atoms with Gasteiger partial charge in [0.1, 0.15) is 11.6 Å². The molecule has 5 rings (SSSR count). The second kappa shape index (κ2) is 10.0. The number of hydrogen-bond donors (Lipinski definition) is 4. The molecule has 0 atom stereocenters. The summed E-state index contributed by atoms with van der Waals surface area (Å²) in [5.41, 5.74) is 7.66. The van der Waals surface area contributed by atoms with Crippen molar-refractivity contribution in [2.75, 3.05) is 35.2 Å². The molecule has 1 amide bonds. The number of nitrogens with one attached hydrogen (secondary N) is 3. The summed E-state index contributed by atoms with van der Waals surface area (Å²) in [4.78, 5) is 24.9. The average Bonchev–Trinajstić information content (AvgIpc) is 3.63. The maximum Gasteiger partial charge on any atom is 0.227 e. The van der Waals surface area contributed by atoms with Gasteiger partial charge in [0.2, 0.25) is 5.91 Å². The molecule has 3 heterocycles. The number of carbonyl (C=O) groups is 1. The van der Waals surface area contributed by atoms with Gasteiger partial charge in [-0.3, -0.25) is 9.89 Å². The minimum absolute atomic E-state index is 0.110. The maximum absolute atomic E-state index is 12.0. The third-order valence-electron chi connectivity index (χ3n) is 6.21. The fourth-order valence-electron chi connectivity index (χ4n) is 4.00. The van der Waals surface area contributed by atoms with Crippen LogP contribution in [0, 0.1) is 18.8 Å². The van der Waals surface area contributed by atoms with Crippen molar-refractivity contribution >= 4 is 40.8 Å². The van der Waals surface area contributed by atoms with Crippen LogP contribution in [-0.4, -0.2) is 45.7 Å². The van der Waals surface area contributed by atoms with Crippen LogP contribution < -0.4 is 21.3 Å². The normalized spacial score (nSPS) is 16.5. The van der Waals surface area contributed by atoms with E-state index < -0.39 is 0 Å². The lowest BCUT2D eigenvalue weighted by molar-refractivity contribution is -0.117. The topological polar surface area (TPSA) is 125 Å². The number of benzene rings is 1. The lowest BCUT2D eigenvalue weighted by atomic mass is 9.97. The number of anilines is 4. The van der Waals surface area contributed by atoms with Crippen LogP contribution in [0.4, 0.5) is 23.1 Å². The third kappa shape index (κ3) is 5.68. The van der Waals surface area contributed by atoms with Gasteiger partial charge in [0.15, 0.2) is 11.0 Å². The fraction of sp³-hybridized carbons (Fsp3) is 0.417. The van der Waals surface area contributed by atoms with Crippen LogP contribution in [0.5, 0.6) is 0 Å². The van der Waals surface area contributed by atoms with Crippen molar-refractivity contribution in [3.8, 4) is 0 Å². The number of amides is 1. The van der Waals surface area contributed by atoms with Crippen LogP contribution in [0.25, 0.3) is 0 Å². The standard InChI is InChI=1S/C24H30N8OS/c1-15-12-21(31-30-15)27-20-13-22(32-10-8-16(14-25)9-11-32)29-24(28-20)34-19-6-4-18(5-7-19)26-23(33)17-2-3-17/h4-7,12-13,16-17H,2-3,8-11,14,25H2,1H3,(H,26,33)(H2,27,28,29,30,31). The number of nitrogens with zero attached hydrogens (tertiary/aromatic N) is 4. The van der Waals surface area contributed by atoms with Gasteiger partial charge in [-0.2, -0.15) is 5.10 Å². The largest absolute Gasteiger partial charge is 0.356 e. The van der Waals surface area contributed by atoms with Gasteiger partial charge >= 0.3 is 0 Å². The summed E-state index contributed by atoms with van der Waals surface area (Å²) in [6.45, 7) is 4.56. The van der Waals surface area contributed by atoms with Crippen molar-refractivity contribution in [3.05, 3.63) is 42.1 Å². The SMILES string of the molecule is Cc1cc(Nc2cc(N3CCC(CN)CC3)nc(Sc3ccc(NC(=O)C4CC4)cc3)n2)n[nH]1. The number of rotatable bonds is 8. The molecule has 2 aliphatic rings. The van der Waals surface area contributed by atoms with E-state index in [1.54, 1.807) is 0 Å². The highest BCUT2D eigenvalue weighted by molar-refractivity contribution is 7.99. The van der Waals surface area contributed by atoms with Crippen molar-refractivity contribution < 1.29 is 4.79 Å². The summed E-state index contributed by atoms with van der Waals surface area (Å²) >= 11 is 1.50. The van der Waals surface area contributed by atoms with Gasteiger partial charge in [-0.05, 0) is 81.1 Å². The molecule has 2 fully saturated rings. The molecule has 2 aromatic heterocycles. The van der Waals surface area contributed by atoms with Crippen molar-refractivity contribution in [2.45, 2.75) is 42.7 Å². The van der Waals surface area contributed by atoms with E-state index in [0.29, 0.717) is 16.9 Å². The summed E-state index contributed by atoms with van der Waals surface area (Å²) < 4.78 is 0. The van der Waals surface area contributed by atoms with Crippen molar-refractivity contribution in [1.29, 1.82) is 0 Å². The summed E-state index contributed by atoms with van der Waals surface area (Å²) in [6, 6.07) is 11.7. The number of hydrogen-bond acceptors (Lipinski definition) is 8. The second-order valence-electron chi connectivity index (χ2n) is 9.01. The Labute approximate surface area is 203 Å². The molecule has 3 aromatic rings. The first-order valence-electron chi connectivity index (χ1n) is 11.8. The monoisotopic (exact) mass is 478 g/mol. The van der Waals surface area contributed by atoms with Gasteiger partial charge in [-0.1, -0.05) is 0 Å². The lowest BCUT2D eigenvalue weighted by Crippen LogP contribution is -2.36. The van der Waals surface area contributed by atoms with E-state index in [2.05, 4.69) is 25.7 Å². The summed E-state index contributed by atoms with van der Waals surface area (Å²) in [5, 5.41) is 14.2. The smallest absolute Gasteiger partial charge is 0.227 e. The number of aromatic amines is 1. The highest BCUT2D eigenvalue weighted by Gasteiger charge is 2.29. The molecule has 1 aromatic carbocycles. The number of carbonyl (C=O) groups excluding carboxylic acids is 1. The first kappa shape index (κ1) is 22.7. The van der Waals surface area contributed by atoms with Crippen LogP contribution in [0.2, 0.25) is 0 Å². The molecule has 1 aliphatic heterocycles. The van der Waals surface area contributed by atoms with Gasteiger partial charge in [0.25, 0.3) is 0 Å². The summed E-state index contributed by atoms with van der Waals surface area (Å²) in [6.07, 6.45) is 4.12. The summed E-state index contributed by atoms with van der Waals surface area (Å²) in [7, 11) is 0. The van der Waals surface area contributed by atoms with Crippen molar-refractivity contribution in [3.63, 3.8) is 0 Å². The maximum atomic E-state index is 12.0. The molecule has 5 N–H and O–H groups in total. The third-order valence-corrected chi connectivity index (χ3v) is 7.08. The van der Waals surface area contributed by atoms with Gasteiger partial charge in [0.05, 0.1) is 0 Å². The molecule has 0 radical (unpaired) electrons. The predicted octanol–water partition coefficient (Wildman–Crippen LogP) is 3.93. The van der Waals surface area contributed by atoms with E-state index in [1.165, 1.54) is 11.8 Å². The lowest BCUT2D eigenvalue weighted by Gasteiger charge is -2.32. The Morgan fingerprint density at radius 1 is 1.12 bits per heavy atom. The molecule has 9 nitrogen and oxygen atoms in total. The Morgan fingerprint density at radius 3 is 2.53 bits per heavy atom. The fourth-order valence-corrected chi connectivity index (χ4v) is 4.76. The van der Waals surface area contributed by atoms with E-state index >= 15 is 0 Å². The molecule has 1 saturated carbocycles. The Hall–Kier alpha value is -3.11. The summed E-state index contributed by atoms with van der Waals surface area (Å²) in [5.74, 6) is 3.19. The quantitative estimate of drug-likeness (QED) is 0.359. The highest BCUT2D eigenvalue weighted by Crippen LogP contribution is 2.32. The van der Waals surface area contributed by atoms with Crippen molar-refractivity contribution in [1.82, 2.24) is 20.2 Å². The van der Waals surface area contributed by atoms with E-state index in [-0.39, 0.29) is 11.8 Å². The number of aromatic nitrogens is 4. The first-order chi connectivity index (χ1) is 16.6. The second-order valence-corrected chi connectivity index (χ2v) is 10.1. The molecule has 34 heavy (non-hydrogen) atoms.